The smallest absolute Gasteiger partial charge is 0.336 e. The average Bonchev–Trinajstić information content (AvgIpc) is 3.19. The number of nitrogens with zero attached hydrogens (tertiary/aromatic N) is 2. The molecule has 0 amide bonds. The minimum atomic E-state index is -2.74. The number of aromatic amines is 1. The Morgan fingerprint density at radius 1 is 1.06 bits per heavy atom. The SMILES string of the molecule is CN(C)CCOC(c1ccccc1)c1ccn[nH]1.O=C(O)CC(O)(CC(=O)O)C(=O)O. The molecule has 0 saturated carbocycles. The topological polar surface area (TPSA) is 173 Å². The Morgan fingerprint density at radius 2 is 1.65 bits per heavy atom. The number of carboxylic acids is 3. The maximum atomic E-state index is 10.3. The second-order valence-electron chi connectivity index (χ2n) is 6.95. The van der Waals surface area contributed by atoms with Gasteiger partial charge in [0.05, 0.1) is 25.1 Å². The summed E-state index contributed by atoms with van der Waals surface area (Å²) >= 11 is 0. The van der Waals surface area contributed by atoms with E-state index >= 15 is 0 Å². The molecule has 5 N–H and O–H groups in total. The maximum Gasteiger partial charge on any atom is 0.336 e. The first-order chi connectivity index (χ1) is 14.5. The number of H-pyrrole nitrogens is 1. The third-order valence-electron chi connectivity index (χ3n) is 4.02. The predicted octanol–water partition coefficient (Wildman–Crippen LogP) is 0.829. The van der Waals surface area contributed by atoms with Crippen LogP contribution in [0.4, 0.5) is 0 Å². The van der Waals surface area contributed by atoms with E-state index in [1.165, 1.54) is 0 Å². The molecule has 11 nitrogen and oxygen atoms in total. The number of nitrogens with one attached hydrogen (secondary N) is 1. The Balaban J connectivity index is 0.000000330. The first kappa shape index (κ1) is 25.8. The van der Waals surface area contributed by atoms with E-state index in [0.29, 0.717) is 6.61 Å². The van der Waals surface area contributed by atoms with Crippen LogP contribution in [0.1, 0.15) is 30.2 Å². The zero-order valence-corrected chi connectivity index (χ0v) is 17.3. The Kier molecular flexibility index (Phi) is 10.3. The van der Waals surface area contributed by atoms with Crippen molar-refractivity contribution < 1.29 is 39.5 Å². The van der Waals surface area contributed by atoms with E-state index in [1.807, 2.05) is 38.4 Å². The monoisotopic (exact) mass is 437 g/mol. The van der Waals surface area contributed by atoms with Gasteiger partial charge in [0.1, 0.15) is 6.10 Å². The second-order valence-corrected chi connectivity index (χ2v) is 6.95. The second kappa shape index (κ2) is 12.4. The summed E-state index contributed by atoms with van der Waals surface area (Å²) in [5.41, 5.74) is -0.613. The molecule has 0 spiro atoms. The van der Waals surface area contributed by atoms with E-state index in [9.17, 15) is 14.4 Å². The summed E-state index contributed by atoms with van der Waals surface area (Å²) < 4.78 is 5.97. The summed E-state index contributed by atoms with van der Waals surface area (Å²) in [6, 6.07) is 12.1. The molecule has 11 heteroatoms. The third-order valence-corrected chi connectivity index (χ3v) is 4.02. The lowest BCUT2D eigenvalue weighted by Crippen LogP contribution is -2.42. The van der Waals surface area contributed by atoms with Crippen LogP contribution in [0.2, 0.25) is 0 Å². The van der Waals surface area contributed by atoms with Crippen molar-refractivity contribution in [2.75, 3.05) is 27.2 Å². The summed E-state index contributed by atoms with van der Waals surface area (Å²) in [4.78, 5) is 32.6. The minimum Gasteiger partial charge on any atom is -0.481 e. The number of likely N-dealkylation sites (N-methyl/N-ethyl adjacent to an activating group) is 1. The number of aliphatic hydroxyl groups is 1. The molecule has 0 fully saturated rings. The van der Waals surface area contributed by atoms with Gasteiger partial charge in [-0.05, 0) is 25.7 Å². The Bertz CT molecular complexity index is 808. The van der Waals surface area contributed by atoms with Crippen LogP contribution >= 0.6 is 0 Å². The van der Waals surface area contributed by atoms with Gasteiger partial charge in [0.25, 0.3) is 0 Å². The third kappa shape index (κ3) is 9.38. The van der Waals surface area contributed by atoms with Crippen LogP contribution < -0.4 is 0 Å². The number of rotatable bonds is 11. The summed E-state index contributed by atoms with van der Waals surface area (Å²) in [6.45, 7) is 1.59. The summed E-state index contributed by atoms with van der Waals surface area (Å²) in [6.07, 6.45) is -0.613. The van der Waals surface area contributed by atoms with E-state index in [2.05, 4.69) is 27.2 Å². The first-order valence-corrected chi connectivity index (χ1v) is 9.25. The molecule has 2 aromatic rings. The summed E-state index contributed by atoms with van der Waals surface area (Å²) in [5.74, 6) is -5.02. The van der Waals surface area contributed by atoms with Crippen LogP contribution in [-0.4, -0.2) is 86.3 Å². The fraction of sp³-hybridized carbons (Fsp3) is 0.400. The van der Waals surface area contributed by atoms with Crippen molar-refractivity contribution in [3.05, 3.63) is 53.9 Å². The molecule has 31 heavy (non-hydrogen) atoms. The quantitative estimate of drug-likeness (QED) is 0.339. The predicted molar refractivity (Wildman–Crippen MR) is 108 cm³/mol. The van der Waals surface area contributed by atoms with Gasteiger partial charge < -0.3 is 30.1 Å². The molecule has 1 unspecified atom stereocenters. The van der Waals surface area contributed by atoms with Crippen molar-refractivity contribution >= 4 is 17.9 Å². The molecule has 2 rings (SSSR count). The zero-order valence-electron chi connectivity index (χ0n) is 17.3. The number of ether oxygens (including phenoxy) is 1. The van der Waals surface area contributed by atoms with Crippen molar-refractivity contribution in [3.8, 4) is 0 Å². The number of carboxylic acid groups (broad SMARTS) is 3. The molecule has 0 aliphatic heterocycles. The number of aliphatic carboxylic acids is 3. The minimum absolute atomic E-state index is 0.0753. The lowest BCUT2D eigenvalue weighted by Gasteiger charge is -2.18. The number of carbonyl (C=O) groups is 3. The number of aromatic nitrogens is 2. The van der Waals surface area contributed by atoms with Crippen LogP contribution in [0.25, 0.3) is 0 Å². The van der Waals surface area contributed by atoms with Crippen molar-refractivity contribution in [3.63, 3.8) is 0 Å². The Morgan fingerprint density at radius 3 is 2.06 bits per heavy atom. The van der Waals surface area contributed by atoms with Gasteiger partial charge in [-0.1, -0.05) is 30.3 Å². The van der Waals surface area contributed by atoms with Crippen LogP contribution in [0.15, 0.2) is 42.6 Å². The molecule has 0 saturated heterocycles. The lowest BCUT2D eigenvalue weighted by molar-refractivity contribution is -0.170. The number of hydrogen-bond acceptors (Lipinski definition) is 7. The molecule has 1 heterocycles. The van der Waals surface area contributed by atoms with E-state index in [-0.39, 0.29) is 6.10 Å². The standard InChI is InChI=1S/C14H19N3O.C6H8O7/c1-17(2)10-11-18-14(13-8-9-15-16-13)12-6-4-3-5-7-12;7-3(8)1-6(13,5(11)12)2-4(9)10/h3-9,14H,10-11H2,1-2H3,(H,15,16);13H,1-2H2,(H,7,8)(H,9,10)(H,11,12). The summed E-state index contributed by atoms with van der Waals surface area (Å²) in [7, 11) is 4.08. The maximum absolute atomic E-state index is 10.3. The lowest BCUT2D eigenvalue weighted by atomic mass is 9.96. The highest BCUT2D eigenvalue weighted by molar-refractivity contribution is 5.88. The highest BCUT2D eigenvalue weighted by atomic mass is 16.5. The molecule has 1 aromatic carbocycles. The highest BCUT2D eigenvalue weighted by Crippen LogP contribution is 2.23. The summed E-state index contributed by atoms with van der Waals surface area (Å²) in [5, 5.41) is 40.8. The molecule has 0 radical (unpaired) electrons. The molecule has 0 aliphatic carbocycles. The Hall–Kier alpha value is -3.28. The van der Waals surface area contributed by atoms with E-state index in [4.69, 9.17) is 25.2 Å². The van der Waals surface area contributed by atoms with Crippen molar-refractivity contribution in [1.82, 2.24) is 15.1 Å². The molecule has 0 aliphatic rings. The van der Waals surface area contributed by atoms with Crippen molar-refractivity contribution in [2.45, 2.75) is 24.5 Å². The molecule has 170 valence electrons. The van der Waals surface area contributed by atoms with Gasteiger partial charge in [-0.25, -0.2) is 4.79 Å². The number of benzene rings is 1. The van der Waals surface area contributed by atoms with Crippen LogP contribution in [0.3, 0.4) is 0 Å². The van der Waals surface area contributed by atoms with Gasteiger partial charge in [0.15, 0.2) is 5.60 Å². The van der Waals surface area contributed by atoms with Crippen LogP contribution in [0.5, 0.6) is 0 Å². The molecule has 0 bridgehead atoms. The molecular weight excluding hydrogens is 410 g/mol. The van der Waals surface area contributed by atoms with Crippen LogP contribution in [-0.2, 0) is 19.1 Å². The highest BCUT2D eigenvalue weighted by Gasteiger charge is 2.40. The van der Waals surface area contributed by atoms with Crippen LogP contribution in [0, 0.1) is 0 Å². The van der Waals surface area contributed by atoms with Gasteiger partial charge in [0, 0.05) is 12.7 Å². The number of hydrogen-bond donors (Lipinski definition) is 5. The van der Waals surface area contributed by atoms with Crippen molar-refractivity contribution in [1.29, 1.82) is 0 Å². The van der Waals surface area contributed by atoms with Gasteiger partial charge >= 0.3 is 17.9 Å². The molecule has 1 aromatic heterocycles. The van der Waals surface area contributed by atoms with Crippen molar-refractivity contribution in [2.24, 2.45) is 0 Å². The largest absolute Gasteiger partial charge is 0.481 e. The van der Waals surface area contributed by atoms with E-state index in [0.717, 1.165) is 17.8 Å². The Labute approximate surface area is 178 Å². The first-order valence-electron chi connectivity index (χ1n) is 9.25. The molecular formula is C20H27N3O8. The normalized spacial score (nSPS) is 12.0. The fourth-order valence-corrected chi connectivity index (χ4v) is 2.47. The van der Waals surface area contributed by atoms with Gasteiger partial charge in [-0.3, -0.25) is 14.7 Å². The van der Waals surface area contributed by atoms with Gasteiger partial charge in [-0.2, -0.15) is 5.10 Å². The van der Waals surface area contributed by atoms with E-state index in [1.54, 1.807) is 6.20 Å². The zero-order chi connectivity index (χ0) is 23.4. The van der Waals surface area contributed by atoms with Gasteiger partial charge in [-0.15, -0.1) is 0 Å². The molecule has 1 atom stereocenters. The average molecular weight is 437 g/mol. The van der Waals surface area contributed by atoms with E-state index < -0.39 is 36.4 Å². The fourth-order valence-electron chi connectivity index (χ4n) is 2.47. The van der Waals surface area contributed by atoms with Gasteiger partial charge in [0.2, 0.25) is 0 Å².